The predicted molar refractivity (Wildman–Crippen MR) is 65.4 cm³/mol. The van der Waals surface area contributed by atoms with Crippen molar-refractivity contribution in [3.63, 3.8) is 0 Å². The molecule has 0 radical (unpaired) electrons. The van der Waals surface area contributed by atoms with Crippen molar-refractivity contribution in [2.45, 2.75) is 25.7 Å². The molecule has 0 amide bonds. The SMILES string of the molecule is C=C.C=CCCCCc1ccccc1. The normalized spacial score (nSPS) is 8.57. The van der Waals surface area contributed by atoms with E-state index >= 15 is 0 Å². The van der Waals surface area contributed by atoms with Crippen LogP contribution in [-0.4, -0.2) is 0 Å². The van der Waals surface area contributed by atoms with Gasteiger partial charge in [0.05, 0.1) is 0 Å². The largest absolute Gasteiger partial charge is 0.106 e. The summed E-state index contributed by atoms with van der Waals surface area (Å²) in [4.78, 5) is 0. The van der Waals surface area contributed by atoms with Crippen LogP contribution in [0.4, 0.5) is 0 Å². The number of rotatable bonds is 5. The fourth-order valence-electron chi connectivity index (χ4n) is 1.26. The summed E-state index contributed by atoms with van der Waals surface area (Å²) >= 11 is 0. The molecule has 0 aliphatic carbocycles. The Labute approximate surface area is 88.0 Å². The van der Waals surface area contributed by atoms with Crippen LogP contribution in [0.3, 0.4) is 0 Å². The number of hydrogen-bond acceptors (Lipinski definition) is 0. The molecule has 1 aromatic carbocycles. The second-order valence-corrected chi connectivity index (χ2v) is 3.02. The first kappa shape index (κ1) is 12.7. The molecule has 0 saturated carbocycles. The molecular formula is C14H20. The average Bonchev–Trinajstić information content (AvgIpc) is 2.29. The summed E-state index contributed by atoms with van der Waals surface area (Å²) in [5.41, 5.74) is 1.45. The molecule has 1 aromatic rings. The quantitative estimate of drug-likeness (QED) is 0.475. The second kappa shape index (κ2) is 9.79. The van der Waals surface area contributed by atoms with E-state index in [1.165, 1.54) is 24.8 Å². The summed E-state index contributed by atoms with van der Waals surface area (Å²) in [7, 11) is 0. The fraction of sp³-hybridized carbons (Fsp3) is 0.286. The van der Waals surface area contributed by atoms with Crippen LogP contribution in [0.5, 0.6) is 0 Å². The maximum Gasteiger partial charge on any atom is -0.0279 e. The summed E-state index contributed by atoms with van der Waals surface area (Å²) < 4.78 is 0. The third-order valence-corrected chi connectivity index (χ3v) is 1.97. The maximum atomic E-state index is 3.71. The van der Waals surface area contributed by atoms with E-state index in [1.54, 1.807) is 0 Å². The van der Waals surface area contributed by atoms with Gasteiger partial charge in [0.15, 0.2) is 0 Å². The number of unbranched alkanes of at least 4 members (excludes halogenated alkanes) is 2. The fourth-order valence-corrected chi connectivity index (χ4v) is 1.26. The van der Waals surface area contributed by atoms with Crippen molar-refractivity contribution < 1.29 is 0 Å². The lowest BCUT2D eigenvalue weighted by molar-refractivity contribution is 0.748. The van der Waals surface area contributed by atoms with Gasteiger partial charge in [0.25, 0.3) is 0 Å². The highest BCUT2D eigenvalue weighted by atomic mass is 14.0. The summed E-state index contributed by atoms with van der Waals surface area (Å²) in [6, 6.07) is 10.6. The molecule has 0 heteroatoms. The van der Waals surface area contributed by atoms with Crippen LogP contribution < -0.4 is 0 Å². The topological polar surface area (TPSA) is 0 Å². The molecule has 0 aromatic heterocycles. The number of hydrogen-bond donors (Lipinski definition) is 0. The number of benzene rings is 1. The zero-order chi connectivity index (χ0) is 10.6. The van der Waals surface area contributed by atoms with Gasteiger partial charge in [-0.15, -0.1) is 19.7 Å². The summed E-state index contributed by atoms with van der Waals surface area (Å²) in [6.07, 6.45) is 6.88. The van der Waals surface area contributed by atoms with Crippen molar-refractivity contribution in [1.29, 1.82) is 0 Å². The second-order valence-electron chi connectivity index (χ2n) is 3.02. The predicted octanol–water partition coefficient (Wildman–Crippen LogP) is 4.39. The van der Waals surface area contributed by atoms with Crippen LogP contribution in [0.15, 0.2) is 56.1 Å². The summed E-state index contributed by atoms with van der Waals surface area (Å²) in [5, 5.41) is 0. The van der Waals surface area contributed by atoms with Gasteiger partial charge in [-0.3, -0.25) is 0 Å². The molecule has 0 fully saturated rings. The first-order chi connectivity index (χ1) is 6.93. The minimum Gasteiger partial charge on any atom is -0.106 e. The van der Waals surface area contributed by atoms with Gasteiger partial charge in [0, 0.05) is 0 Å². The van der Waals surface area contributed by atoms with Gasteiger partial charge < -0.3 is 0 Å². The molecule has 0 nitrogen and oxygen atoms in total. The van der Waals surface area contributed by atoms with Crippen molar-refractivity contribution in [3.8, 4) is 0 Å². The minimum atomic E-state index is 1.15. The molecule has 0 N–H and O–H groups in total. The molecule has 0 aliphatic rings. The monoisotopic (exact) mass is 188 g/mol. The van der Waals surface area contributed by atoms with E-state index in [1.807, 2.05) is 6.08 Å². The van der Waals surface area contributed by atoms with E-state index in [4.69, 9.17) is 0 Å². The molecule has 1 rings (SSSR count). The molecule has 0 atom stereocenters. The standard InChI is InChI=1S/C12H16.C2H4/c1-2-3-4-6-9-12-10-7-5-8-11-12;1-2/h2,5,7-8,10-11H,1,3-4,6,9H2;1-2H2. The van der Waals surface area contributed by atoms with Crippen LogP contribution in [0.2, 0.25) is 0 Å². The molecule has 0 spiro atoms. The molecule has 76 valence electrons. The average molecular weight is 188 g/mol. The Morgan fingerprint density at radius 2 is 1.64 bits per heavy atom. The highest BCUT2D eigenvalue weighted by molar-refractivity contribution is 5.14. The van der Waals surface area contributed by atoms with Crippen molar-refractivity contribution in [2.24, 2.45) is 0 Å². The van der Waals surface area contributed by atoms with Crippen molar-refractivity contribution in [3.05, 3.63) is 61.7 Å². The highest BCUT2D eigenvalue weighted by Crippen LogP contribution is 2.05. The lowest BCUT2D eigenvalue weighted by atomic mass is 10.1. The van der Waals surface area contributed by atoms with Crippen LogP contribution in [0.25, 0.3) is 0 Å². The van der Waals surface area contributed by atoms with Crippen molar-refractivity contribution >= 4 is 0 Å². The van der Waals surface area contributed by atoms with E-state index < -0.39 is 0 Å². The first-order valence-electron chi connectivity index (χ1n) is 5.08. The lowest BCUT2D eigenvalue weighted by Gasteiger charge is -1.98. The van der Waals surface area contributed by atoms with Gasteiger partial charge in [-0.05, 0) is 31.2 Å². The Bertz CT molecular complexity index is 223. The number of aryl methyl sites for hydroxylation is 1. The summed E-state index contributed by atoms with van der Waals surface area (Å²) in [5.74, 6) is 0. The zero-order valence-electron chi connectivity index (χ0n) is 8.91. The molecule has 0 aliphatic heterocycles. The molecular weight excluding hydrogens is 168 g/mol. The molecule has 0 saturated heterocycles. The van der Waals surface area contributed by atoms with Gasteiger partial charge in [-0.1, -0.05) is 36.4 Å². The van der Waals surface area contributed by atoms with Crippen LogP contribution >= 0.6 is 0 Å². The number of allylic oxidation sites excluding steroid dienone is 1. The van der Waals surface area contributed by atoms with E-state index in [0.29, 0.717) is 0 Å². The van der Waals surface area contributed by atoms with Gasteiger partial charge >= 0.3 is 0 Å². The summed E-state index contributed by atoms with van der Waals surface area (Å²) in [6.45, 7) is 9.71. The van der Waals surface area contributed by atoms with Crippen LogP contribution in [0, 0.1) is 0 Å². The Morgan fingerprint density at radius 3 is 2.21 bits per heavy atom. The Hall–Kier alpha value is -1.30. The Morgan fingerprint density at radius 1 is 1.00 bits per heavy atom. The zero-order valence-corrected chi connectivity index (χ0v) is 8.91. The van der Waals surface area contributed by atoms with Gasteiger partial charge in [0.2, 0.25) is 0 Å². The van der Waals surface area contributed by atoms with Gasteiger partial charge in [0.1, 0.15) is 0 Å². The first-order valence-corrected chi connectivity index (χ1v) is 5.08. The van der Waals surface area contributed by atoms with Gasteiger partial charge in [-0.2, -0.15) is 0 Å². The molecule has 0 heterocycles. The van der Waals surface area contributed by atoms with Gasteiger partial charge in [-0.25, -0.2) is 0 Å². The van der Waals surface area contributed by atoms with E-state index in [-0.39, 0.29) is 0 Å². The minimum absolute atomic E-state index is 1.15. The molecule has 14 heavy (non-hydrogen) atoms. The van der Waals surface area contributed by atoms with E-state index in [9.17, 15) is 0 Å². The maximum absolute atomic E-state index is 3.71. The van der Waals surface area contributed by atoms with E-state index in [2.05, 4.69) is 50.1 Å². The lowest BCUT2D eigenvalue weighted by Crippen LogP contribution is -1.83. The Balaban J connectivity index is 0.000000791. The van der Waals surface area contributed by atoms with Crippen molar-refractivity contribution in [1.82, 2.24) is 0 Å². The molecule has 0 unspecified atom stereocenters. The Kier molecular flexibility index (Phi) is 8.88. The smallest absolute Gasteiger partial charge is 0.0279 e. The highest BCUT2D eigenvalue weighted by Gasteiger charge is 1.89. The third kappa shape index (κ3) is 6.24. The van der Waals surface area contributed by atoms with Crippen LogP contribution in [-0.2, 0) is 6.42 Å². The molecule has 0 bridgehead atoms. The van der Waals surface area contributed by atoms with Crippen LogP contribution in [0.1, 0.15) is 24.8 Å². The van der Waals surface area contributed by atoms with Crippen molar-refractivity contribution in [2.75, 3.05) is 0 Å². The van der Waals surface area contributed by atoms with E-state index in [0.717, 1.165) is 6.42 Å². The third-order valence-electron chi connectivity index (χ3n) is 1.97.